The summed E-state index contributed by atoms with van der Waals surface area (Å²) in [6.45, 7) is 1.89. The van der Waals surface area contributed by atoms with E-state index < -0.39 is 0 Å². The van der Waals surface area contributed by atoms with Crippen LogP contribution in [-0.2, 0) is 4.79 Å². The Kier molecular flexibility index (Phi) is 5.25. The summed E-state index contributed by atoms with van der Waals surface area (Å²) in [6, 6.07) is 16.7. The van der Waals surface area contributed by atoms with Crippen molar-refractivity contribution in [3.63, 3.8) is 0 Å². The van der Waals surface area contributed by atoms with Crippen molar-refractivity contribution in [2.75, 3.05) is 6.61 Å². The Morgan fingerprint density at radius 1 is 1.28 bits per heavy atom. The van der Waals surface area contributed by atoms with E-state index in [0.717, 1.165) is 18.4 Å². The number of hydrogen-bond acceptors (Lipinski definition) is 3. The number of carbonyl (C=O) groups is 1. The van der Waals surface area contributed by atoms with E-state index in [0.29, 0.717) is 16.3 Å². The monoisotopic (exact) mass is 354 g/mol. The molecule has 2 aromatic rings. The standard InChI is InChI=1S/C20H19ClN2O2/c1-14(17-7-3-4-8-18(17)21)23(16-10-11-16)20(24)13-25-19-9-5-2-6-15(19)12-22/h2-9,14,16H,10-11,13H2,1H3. The number of benzene rings is 2. The zero-order valence-corrected chi connectivity index (χ0v) is 14.7. The molecule has 2 aromatic carbocycles. The number of hydrogen-bond donors (Lipinski definition) is 0. The van der Waals surface area contributed by atoms with E-state index in [4.69, 9.17) is 21.6 Å². The van der Waals surface area contributed by atoms with Crippen LogP contribution in [0, 0.1) is 11.3 Å². The number of nitrogens with zero attached hydrogens (tertiary/aromatic N) is 2. The van der Waals surface area contributed by atoms with E-state index in [1.165, 1.54) is 0 Å². The summed E-state index contributed by atoms with van der Waals surface area (Å²) in [5.41, 5.74) is 1.36. The Balaban J connectivity index is 1.74. The number of nitriles is 1. The molecule has 0 aromatic heterocycles. The molecule has 0 spiro atoms. The predicted molar refractivity (Wildman–Crippen MR) is 96.4 cm³/mol. The molecule has 0 bridgehead atoms. The van der Waals surface area contributed by atoms with Crippen LogP contribution in [-0.4, -0.2) is 23.5 Å². The minimum absolute atomic E-state index is 0.0933. The van der Waals surface area contributed by atoms with Crippen molar-refractivity contribution in [3.05, 3.63) is 64.7 Å². The van der Waals surface area contributed by atoms with Crippen molar-refractivity contribution in [2.45, 2.75) is 31.8 Å². The molecule has 0 N–H and O–H groups in total. The second-order valence-electron chi connectivity index (χ2n) is 6.13. The van der Waals surface area contributed by atoms with Crippen LogP contribution in [0.5, 0.6) is 5.75 Å². The Morgan fingerprint density at radius 2 is 1.96 bits per heavy atom. The third-order valence-electron chi connectivity index (χ3n) is 4.36. The zero-order valence-electron chi connectivity index (χ0n) is 14.0. The molecule has 1 unspecified atom stereocenters. The van der Waals surface area contributed by atoms with Crippen LogP contribution in [0.15, 0.2) is 48.5 Å². The zero-order chi connectivity index (χ0) is 17.8. The third kappa shape index (κ3) is 3.94. The quantitative estimate of drug-likeness (QED) is 0.775. The average molecular weight is 355 g/mol. The lowest BCUT2D eigenvalue weighted by molar-refractivity contribution is -0.136. The maximum absolute atomic E-state index is 12.8. The van der Waals surface area contributed by atoms with Gasteiger partial charge in [0.25, 0.3) is 5.91 Å². The third-order valence-corrected chi connectivity index (χ3v) is 4.70. The summed E-state index contributed by atoms with van der Waals surface area (Å²) in [7, 11) is 0. The van der Waals surface area contributed by atoms with Gasteiger partial charge in [-0.15, -0.1) is 0 Å². The van der Waals surface area contributed by atoms with Crippen LogP contribution in [0.4, 0.5) is 0 Å². The summed E-state index contributed by atoms with van der Waals surface area (Å²) < 4.78 is 5.62. The number of halogens is 1. The summed E-state index contributed by atoms with van der Waals surface area (Å²) in [4.78, 5) is 14.7. The van der Waals surface area contributed by atoms with Crippen molar-refractivity contribution in [1.29, 1.82) is 5.26 Å². The highest BCUT2D eigenvalue weighted by Crippen LogP contribution is 2.36. The molecular weight excluding hydrogens is 336 g/mol. The van der Waals surface area contributed by atoms with Gasteiger partial charge in [0.2, 0.25) is 0 Å². The molecule has 1 amide bonds. The molecule has 5 heteroatoms. The maximum atomic E-state index is 12.8. The highest BCUT2D eigenvalue weighted by atomic mass is 35.5. The number of amides is 1. The molecule has 0 aliphatic heterocycles. The minimum atomic E-state index is -0.122. The molecule has 4 nitrogen and oxygen atoms in total. The fraction of sp³-hybridized carbons (Fsp3) is 0.300. The average Bonchev–Trinajstić information content (AvgIpc) is 3.45. The van der Waals surface area contributed by atoms with Gasteiger partial charge in [-0.2, -0.15) is 5.26 Å². The highest BCUT2D eigenvalue weighted by Gasteiger charge is 2.36. The number of para-hydroxylation sites is 1. The van der Waals surface area contributed by atoms with Gasteiger partial charge in [-0.1, -0.05) is 41.9 Å². The first-order valence-electron chi connectivity index (χ1n) is 8.29. The van der Waals surface area contributed by atoms with E-state index in [-0.39, 0.29) is 24.6 Å². The van der Waals surface area contributed by atoms with Crippen LogP contribution < -0.4 is 4.74 Å². The van der Waals surface area contributed by atoms with Crippen molar-refractivity contribution >= 4 is 17.5 Å². The first-order chi connectivity index (χ1) is 12.1. The van der Waals surface area contributed by atoms with Crippen molar-refractivity contribution in [1.82, 2.24) is 4.90 Å². The van der Waals surface area contributed by atoms with Crippen molar-refractivity contribution in [3.8, 4) is 11.8 Å². The lowest BCUT2D eigenvalue weighted by Gasteiger charge is -2.30. The fourth-order valence-corrected chi connectivity index (χ4v) is 3.24. The highest BCUT2D eigenvalue weighted by molar-refractivity contribution is 6.31. The van der Waals surface area contributed by atoms with Crippen LogP contribution in [0.1, 0.15) is 36.9 Å². The summed E-state index contributed by atoms with van der Waals surface area (Å²) in [5.74, 6) is 0.335. The molecule has 1 aliphatic rings. The molecule has 1 atom stereocenters. The van der Waals surface area contributed by atoms with E-state index in [2.05, 4.69) is 6.07 Å². The van der Waals surface area contributed by atoms with Gasteiger partial charge in [-0.3, -0.25) is 4.79 Å². The number of ether oxygens (including phenoxy) is 1. The molecule has 25 heavy (non-hydrogen) atoms. The number of rotatable bonds is 6. The maximum Gasteiger partial charge on any atom is 0.261 e. The second kappa shape index (κ2) is 7.58. The van der Waals surface area contributed by atoms with Crippen molar-refractivity contribution < 1.29 is 9.53 Å². The van der Waals surface area contributed by atoms with Crippen LogP contribution in [0.25, 0.3) is 0 Å². The Morgan fingerprint density at radius 3 is 2.64 bits per heavy atom. The molecule has 0 heterocycles. The van der Waals surface area contributed by atoms with Gasteiger partial charge < -0.3 is 9.64 Å². The largest absolute Gasteiger partial charge is 0.482 e. The Labute approximate surface area is 152 Å². The lowest BCUT2D eigenvalue weighted by atomic mass is 10.1. The molecule has 3 rings (SSSR count). The van der Waals surface area contributed by atoms with Crippen molar-refractivity contribution in [2.24, 2.45) is 0 Å². The van der Waals surface area contributed by atoms with Crippen LogP contribution in [0.3, 0.4) is 0 Å². The summed E-state index contributed by atoms with van der Waals surface area (Å²) >= 11 is 6.30. The van der Waals surface area contributed by atoms with Gasteiger partial charge in [0.1, 0.15) is 11.8 Å². The smallest absolute Gasteiger partial charge is 0.261 e. The SMILES string of the molecule is CC(c1ccccc1Cl)N(C(=O)COc1ccccc1C#N)C1CC1. The van der Waals surface area contributed by atoms with E-state index >= 15 is 0 Å². The van der Waals surface area contributed by atoms with Gasteiger partial charge >= 0.3 is 0 Å². The molecule has 1 saturated carbocycles. The second-order valence-corrected chi connectivity index (χ2v) is 6.53. The molecule has 0 radical (unpaired) electrons. The first kappa shape index (κ1) is 17.3. The van der Waals surface area contributed by atoms with Crippen LogP contribution in [0.2, 0.25) is 5.02 Å². The van der Waals surface area contributed by atoms with Crippen LogP contribution >= 0.6 is 11.6 Å². The molecular formula is C20H19ClN2O2. The Hall–Kier alpha value is -2.51. The van der Waals surface area contributed by atoms with Gasteiger partial charge in [0.15, 0.2) is 6.61 Å². The number of carbonyl (C=O) groups excluding carboxylic acids is 1. The minimum Gasteiger partial charge on any atom is -0.482 e. The Bertz CT molecular complexity index is 811. The van der Waals surface area contributed by atoms with E-state index in [1.807, 2.05) is 36.1 Å². The van der Waals surface area contributed by atoms with E-state index in [1.54, 1.807) is 24.3 Å². The fourth-order valence-electron chi connectivity index (χ4n) is 2.95. The predicted octanol–water partition coefficient (Wildman–Crippen LogP) is 4.34. The molecule has 1 fully saturated rings. The van der Waals surface area contributed by atoms with Gasteiger partial charge in [-0.25, -0.2) is 0 Å². The van der Waals surface area contributed by atoms with E-state index in [9.17, 15) is 4.79 Å². The normalized spacial score (nSPS) is 14.4. The lowest BCUT2D eigenvalue weighted by Crippen LogP contribution is -2.38. The van der Waals surface area contributed by atoms with Gasteiger partial charge in [0, 0.05) is 11.1 Å². The van der Waals surface area contributed by atoms with Gasteiger partial charge in [-0.05, 0) is 43.5 Å². The molecule has 0 saturated heterocycles. The van der Waals surface area contributed by atoms with Gasteiger partial charge in [0.05, 0.1) is 11.6 Å². The first-order valence-corrected chi connectivity index (χ1v) is 8.67. The topological polar surface area (TPSA) is 53.3 Å². The molecule has 1 aliphatic carbocycles. The summed E-state index contributed by atoms with van der Waals surface area (Å²) in [6.07, 6.45) is 1.99. The molecule has 128 valence electrons. The summed E-state index contributed by atoms with van der Waals surface area (Å²) in [5, 5.41) is 9.78.